The number of nitrogens with zero attached hydrogens (tertiary/aromatic N) is 1. The molecule has 0 spiro atoms. The summed E-state index contributed by atoms with van der Waals surface area (Å²) in [6.45, 7) is 2.87. The number of hydrogen-bond acceptors (Lipinski definition) is 2. The highest BCUT2D eigenvalue weighted by molar-refractivity contribution is 5.71. The van der Waals surface area contributed by atoms with E-state index >= 15 is 0 Å². The fourth-order valence-corrected chi connectivity index (χ4v) is 3.54. The first-order valence-corrected chi connectivity index (χ1v) is 9.43. The van der Waals surface area contributed by atoms with Gasteiger partial charge in [0.05, 0.1) is 11.7 Å². The van der Waals surface area contributed by atoms with Crippen LogP contribution in [0.4, 0.5) is 13.2 Å². The van der Waals surface area contributed by atoms with Gasteiger partial charge in [-0.1, -0.05) is 66.7 Å². The number of rotatable bonds is 6. The molecule has 3 aromatic rings. The van der Waals surface area contributed by atoms with E-state index in [1.54, 1.807) is 12.1 Å². The predicted molar refractivity (Wildman–Crippen MR) is 109 cm³/mol. The quantitative estimate of drug-likeness (QED) is 0.562. The molecular formula is C24H24F3NO. The molecule has 0 aliphatic rings. The first kappa shape index (κ1) is 21.1. The number of likely N-dealkylation sites (N-methyl/N-ethyl adjacent to an activating group) is 1. The smallest absolute Gasteiger partial charge is 0.387 e. The van der Waals surface area contributed by atoms with Gasteiger partial charge in [0, 0.05) is 13.1 Å². The van der Waals surface area contributed by atoms with Crippen molar-refractivity contribution in [2.75, 3.05) is 13.6 Å². The van der Waals surface area contributed by atoms with Crippen molar-refractivity contribution in [2.45, 2.75) is 25.7 Å². The van der Waals surface area contributed by atoms with Gasteiger partial charge in [-0.05, 0) is 47.9 Å². The molecule has 29 heavy (non-hydrogen) atoms. The molecule has 0 heterocycles. The average molecular weight is 399 g/mol. The molecular weight excluding hydrogens is 375 g/mol. The number of aliphatic hydroxyl groups is 1. The van der Waals surface area contributed by atoms with Gasteiger partial charge in [-0.2, -0.15) is 13.2 Å². The summed E-state index contributed by atoms with van der Waals surface area (Å²) in [5, 5.41) is 10.4. The summed E-state index contributed by atoms with van der Waals surface area (Å²) in [5.41, 5.74) is 2.77. The van der Waals surface area contributed by atoms with E-state index in [9.17, 15) is 18.3 Å². The number of benzene rings is 3. The second-order valence-electron chi connectivity index (χ2n) is 7.32. The lowest BCUT2D eigenvalue weighted by molar-refractivity contribution is -0.137. The molecule has 0 unspecified atom stereocenters. The largest absolute Gasteiger partial charge is 0.417 e. The lowest BCUT2D eigenvalue weighted by Crippen LogP contribution is -2.24. The lowest BCUT2D eigenvalue weighted by Gasteiger charge is -2.21. The normalized spacial score (nSPS) is 12.9. The average Bonchev–Trinajstić information content (AvgIpc) is 2.68. The van der Waals surface area contributed by atoms with Crippen molar-refractivity contribution in [3.05, 3.63) is 95.1 Å². The van der Waals surface area contributed by atoms with Crippen molar-refractivity contribution in [3.8, 4) is 11.1 Å². The SMILES string of the molecule is Cc1cc(CN(C)C[C@H](O)c2ccccc2)ccc1-c1ccccc1C(F)(F)F. The Balaban J connectivity index is 1.75. The highest BCUT2D eigenvalue weighted by atomic mass is 19.4. The molecule has 3 rings (SSSR count). The van der Waals surface area contributed by atoms with E-state index < -0.39 is 17.8 Å². The zero-order valence-electron chi connectivity index (χ0n) is 16.4. The Morgan fingerprint density at radius 2 is 1.55 bits per heavy atom. The van der Waals surface area contributed by atoms with E-state index in [0.717, 1.165) is 22.8 Å². The summed E-state index contributed by atoms with van der Waals surface area (Å²) < 4.78 is 40.0. The molecule has 1 N–H and O–H groups in total. The number of alkyl halides is 3. The van der Waals surface area contributed by atoms with E-state index in [2.05, 4.69) is 0 Å². The van der Waals surface area contributed by atoms with Crippen LogP contribution in [0.5, 0.6) is 0 Å². The monoisotopic (exact) mass is 399 g/mol. The molecule has 152 valence electrons. The van der Waals surface area contributed by atoms with Crippen molar-refractivity contribution < 1.29 is 18.3 Å². The maximum absolute atomic E-state index is 13.3. The zero-order valence-corrected chi connectivity index (χ0v) is 16.4. The fraction of sp³-hybridized carbons (Fsp3) is 0.250. The van der Waals surface area contributed by atoms with Crippen molar-refractivity contribution in [1.82, 2.24) is 4.90 Å². The van der Waals surface area contributed by atoms with Crippen LogP contribution in [-0.4, -0.2) is 23.6 Å². The molecule has 0 saturated heterocycles. The standard InChI is InChI=1S/C24H24F3NO/c1-17-14-18(15-28(2)16-23(29)19-8-4-3-5-9-19)12-13-20(17)21-10-6-7-11-22(21)24(25,26)27/h3-14,23,29H,15-16H2,1-2H3/t23-/m0/s1. The molecule has 0 saturated carbocycles. The summed E-state index contributed by atoms with van der Waals surface area (Å²) in [6, 6.07) is 20.6. The minimum absolute atomic E-state index is 0.192. The molecule has 0 amide bonds. The summed E-state index contributed by atoms with van der Waals surface area (Å²) >= 11 is 0. The highest BCUT2D eigenvalue weighted by Crippen LogP contribution is 2.38. The molecule has 0 fully saturated rings. The molecule has 0 bridgehead atoms. The lowest BCUT2D eigenvalue weighted by atomic mass is 9.94. The zero-order chi connectivity index (χ0) is 21.0. The third kappa shape index (κ3) is 5.25. The molecule has 0 radical (unpaired) electrons. The maximum Gasteiger partial charge on any atom is 0.417 e. The topological polar surface area (TPSA) is 23.5 Å². The van der Waals surface area contributed by atoms with Crippen LogP contribution in [0, 0.1) is 6.92 Å². The Morgan fingerprint density at radius 3 is 2.21 bits per heavy atom. The second-order valence-corrected chi connectivity index (χ2v) is 7.32. The van der Waals surface area contributed by atoms with Crippen LogP contribution in [0.15, 0.2) is 72.8 Å². The van der Waals surface area contributed by atoms with Gasteiger partial charge < -0.3 is 5.11 Å². The van der Waals surface area contributed by atoms with E-state index in [4.69, 9.17) is 0 Å². The van der Waals surface area contributed by atoms with Crippen LogP contribution in [0.2, 0.25) is 0 Å². The predicted octanol–water partition coefficient (Wildman–Crippen LogP) is 5.85. The Labute approximate surface area is 169 Å². The Bertz CT molecular complexity index is 954. The molecule has 5 heteroatoms. The minimum atomic E-state index is -4.39. The third-order valence-corrected chi connectivity index (χ3v) is 4.93. The van der Waals surface area contributed by atoms with Crippen molar-refractivity contribution in [3.63, 3.8) is 0 Å². The van der Waals surface area contributed by atoms with Crippen LogP contribution >= 0.6 is 0 Å². The molecule has 1 atom stereocenters. The van der Waals surface area contributed by atoms with Gasteiger partial charge in [0.25, 0.3) is 0 Å². The first-order valence-electron chi connectivity index (χ1n) is 9.43. The van der Waals surface area contributed by atoms with Crippen LogP contribution in [-0.2, 0) is 12.7 Å². The Hall–Kier alpha value is -2.63. The van der Waals surface area contributed by atoms with Gasteiger partial charge in [0.2, 0.25) is 0 Å². The fourth-order valence-electron chi connectivity index (χ4n) is 3.54. The van der Waals surface area contributed by atoms with Crippen molar-refractivity contribution in [1.29, 1.82) is 0 Å². The van der Waals surface area contributed by atoms with Gasteiger partial charge in [0.1, 0.15) is 0 Å². The van der Waals surface area contributed by atoms with Gasteiger partial charge in [-0.15, -0.1) is 0 Å². The van der Waals surface area contributed by atoms with E-state index in [-0.39, 0.29) is 5.56 Å². The van der Waals surface area contributed by atoms with E-state index in [1.807, 2.05) is 61.3 Å². The summed E-state index contributed by atoms with van der Waals surface area (Å²) in [5.74, 6) is 0. The number of halogens is 3. The molecule has 0 aromatic heterocycles. The highest BCUT2D eigenvalue weighted by Gasteiger charge is 2.33. The van der Waals surface area contributed by atoms with E-state index in [0.29, 0.717) is 18.7 Å². The molecule has 0 aliphatic carbocycles. The van der Waals surface area contributed by atoms with Gasteiger partial charge in [-0.3, -0.25) is 4.90 Å². The number of aryl methyl sites for hydroxylation is 1. The van der Waals surface area contributed by atoms with Crippen molar-refractivity contribution in [2.24, 2.45) is 0 Å². The summed E-state index contributed by atoms with van der Waals surface area (Å²) in [4.78, 5) is 2.00. The number of aliphatic hydroxyl groups excluding tert-OH is 1. The van der Waals surface area contributed by atoms with Gasteiger partial charge >= 0.3 is 6.18 Å². The minimum Gasteiger partial charge on any atom is -0.387 e. The van der Waals surface area contributed by atoms with Gasteiger partial charge in [-0.25, -0.2) is 0 Å². The van der Waals surface area contributed by atoms with Crippen LogP contribution in [0.1, 0.15) is 28.4 Å². The molecule has 0 aliphatic heterocycles. The second kappa shape index (κ2) is 8.80. The third-order valence-electron chi connectivity index (χ3n) is 4.93. The number of hydrogen-bond donors (Lipinski definition) is 1. The van der Waals surface area contributed by atoms with E-state index in [1.165, 1.54) is 12.1 Å². The Kier molecular flexibility index (Phi) is 6.40. The van der Waals surface area contributed by atoms with Crippen LogP contribution in [0.3, 0.4) is 0 Å². The summed E-state index contributed by atoms with van der Waals surface area (Å²) in [7, 11) is 1.91. The summed E-state index contributed by atoms with van der Waals surface area (Å²) in [6.07, 6.45) is -4.99. The van der Waals surface area contributed by atoms with Crippen LogP contribution in [0.25, 0.3) is 11.1 Å². The first-order chi connectivity index (χ1) is 13.8. The maximum atomic E-state index is 13.3. The molecule has 2 nitrogen and oxygen atoms in total. The van der Waals surface area contributed by atoms with Crippen molar-refractivity contribution >= 4 is 0 Å². The van der Waals surface area contributed by atoms with Crippen LogP contribution < -0.4 is 0 Å². The molecule has 3 aromatic carbocycles. The van der Waals surface area contributed by atoms with Gasteiger partial charge in [0.15, 0.2) is 0 Å². The Morgan fingerprint density at radius 1 is 0.897 bits per heavy atom.